The van der Waals surface area contributed by atoms with Gasteiger partial charge >= 0.3 is 6.01 Å². The van der Waals surface area contributed by atoms with E-state index in [1.54, 1.807) is 24.3 Å². The molecule has 3 aromatic rings. The summed E-state index contributed by atoms with van der Waals surface area (Å²) >= 11 is 0. The van der Waals surface area contributed by atoms with E-state index in [0.717, 1.165) is 38.1 Å². The van der Waals surface area contributed by atoms with Crippen LogP contribution in [0.4, 0.5) is 14.8 Å². The Kier molecular flexibility index (Phi) is 5.01. The Morgan fingerprint density at radius 2 is 1.68 bits per heavy atom. The lowest BCUT2D eigenvalue weighted by Crippen LogP contribution is -2.31. The number of carbonyl (C=O) groups excluding carboxylic acids is 1. The fourth-order valence-corrected chi connectivity index (χ4v) is 3.23. The summed E-state index contributed by atoms with van der Waals surface area (Å²) in [5.74, 6) is -2.62. The van der Waals surface area contributed by atoms with E-state index in [-0.39, 0.29) is 5.89 Å². The normalized spacial score (nSPS) is 14.9. The minimum Gasteiger partial charge on any atom is -0.405 e. The fraction of sp³-hybridized carbons (Fsp3) is 0.250. The van der Waals surface area contributed by atoms with Gasteiger partial charge in [-0.3, -0.25) is 4.79 Å². The van der Waals surface area contributed by atoms with Crippen LogP contribution < -0.4 is 10.2 Å². The molecule has 1 aromatic heterocycles. The van der Waals surface area contributed by atoms with E-state index in [1.165, 1.54) is 6.07 Å². The molecule has 0 aliphatic carbocycles. The van der Waals surface area contributed by atoms with Gasteiger partial charge in [-0.25, -0.2) is 8.78 Å². The van der Waals surface area contributed by atoms with Crippen molar-refractivity contribution in [1.82, 2.24) is 15.5 Å². The maximum absolute atomic E-state index is 14.0. The largest absolute Gasteiger partial charge is 0.405 e. The van der Waals surface area contributed by atoms with Gasteiger partial charge in [0.05, 0.1) is 0 Å². The molecule has 0 radical (unpaired) electrons. The zero-order chi connectivity index (χ0) is 19.5. The molecule has 0 saturated carbocycles. The van der Waals surface area contributed by atoms with Crippen molar-refractivity contribution in [2.75, 3.05) is 18.0 Å². The minimum absolute atomic E-state index is 0.151. The van der Waals surface area contributed by atoms with Crippen LogP contribution in [0.15, 0.2) is 52.9 Å². The van der Waals surface area contributed by atoms with Crippen LogP contribution in [0.2, 0.25) is 0 Å². The molecule has 0 bridgehead atoms. The number of aromatic nitrogens is 2. The summed E-state index contributed by atoms with van der Waals surface area (Å²) in [6.45, 7) is 1.65. The first-order chi connectivity index (χ1) is 13.6. The van der Waals surface area contributed by atoms with Crippen LogP contribution >= 0.6 is 0 Å². The van der Waals surface area contributed by atoms with Crippen molar-refractivity contribution in [3.63, 3.8) is 0 Å². The highest BCUT2D eigenvalue weighted by atomic mass is 19.1. The minimum atomic E-state index is -0.937. The van der Waals surface area contributed by atoms with Crippen LogP contribution in [0.3, 0.4) is 0 Å². The predicted octanol–water partition coefficient (Wildman–Crippen LogP) is 3.47. The van der Waals surface area contributed by atoms with Gasteiger partial charge in [-0.05, 0) is 30.5 Å². The highest BCUT2D eigenvalue weighted by Crippen LogP contribution is 2.26. The van der Waals surface area contributed by atoms with E-state index in [0.29, 0.717) is 11.6 Å². The second-order valence-electron chi connectivity index (χ2n) is 6.53. The monoisotopic (exact) mass is 384 g/mol. The van der Waals surface area contributed by atoms with Gasteiger partial charge in [0.15, 0.2) is 0 Å². The van der Waals surface area contributed by atoms with Gasteiger partial charge in [-0.1, -0.05) is 41.5 Å². The fourth-order valence-electron chi connectivity index (χ4n) is 3.23. The van der Waals surface area contributed by atoms with E-state index in [1.807, 2.05) is 11.0 Å². The molecule has 1 fully saturated rings. The number of nitrogens with one attached hydrogen (secondary N) is 1. The lowest BCUT2D eigenvalue weighted by molar-refractivity contribution is 0.0929. The summed E-state index contributed by atoms with van der Waals surface area (Å²) in [6, 6.07) is 11.7. The zero-order valence-corrected chi connectivity index (χ0v) is 14.9. The Morgan fingerprint density at radius 1 is 1.00 bits per heavy atom. The standard InChI is InChI=1S/C20H18F2N4O2/c21-14-9-6-10-15(22)16(14)18(27)23-17(13-7-2-1-3-8-13)19-24-25-20(28-19)26-11-4-5-12-26/h1-3,6-10,17H,4-5,11-12H2,(H,23,27)/t17-/m0/s1. The second kappa shape index (κ2) is 7.75. The number of amides is 1. The van der Waals surface area contributed by atoms with E-state index in [9.17, 15) is 13.6 Å². The number of benzene rings is 2. The Morgan fingerprint density at radius 3 is 2.36 bits per heavy atom. The van der Waals surface area contributed by atoms with Gasteiger partial charge in [0.25, 0.3) is 5.91 Å². The first kappa shape index (κ1) is 18.1. The summed E-state index contributed by atoms with van der Waals surface area (Å²) in [5, 5.41) is 10.8. The van der Waals surface area contributed by atoms with Crippen molar-refractivity contribution in [3.05, 3.63) is 77.2 Å². The highest BCUT2D eigenvalue weighted by Gasteiger charge is 2.27. The maximum Gasteiger partial charge on any atom is 0.318 e. The van der Waals surface area contributed by atoms with Gasteiger partial charge in [0.1, 0.15) is 23.2 Å². The van der Waals surface area contributed by atoms with E-state index in [4.69, 9.17) is 4.42 Å². The molecule has 1 N–H and O–H groups in total. The average Bonchev–Trinajstić information content (AvgIpc) is 3.38. The molecule has 0 unspecified atom stereocenters. The van der Waals surface area contributed by atoms with Crippen molar-refractivity contribution in [1.29, 1.82) is 0 Å². The number of hydrogen-bond acceptors (Lipinski definition) is 5. The van der Waals surface area contributed by atoms with Gasteiger partial charge < -0.3 is 14.6 Å². The second-order valence-corrected chi connectivity index (χ2v) is 6.53. The van der Waals surface area contributed by atoms with E-state index < -0.39 is 29.1 Å². The van der Waals surface area contributed by atoms with Crippen molar-refractivity contribution in [3.8, 4) is 0 Å². The number of halogens is 2. The molecule has 1 atom stereocenters. The first-order valence-corrected chi connectivity index (χ1v) is 9.01. The van der Waals surface area contributed by atoms with Crippen LogP contribution in [0.5, 0.6) is 0 Å². The van der Waals surface area contributed by atoms with Gasteiger partial charge in [-0.15, -0.1) is 5.10 Å². The molecular weight excluding hydrogens is 366 g/mol. The lowest BCUT2D eigenvalue weighted by Gasteiger charge is -2.17. The smallest absolute Gasteiger partial charge is 0.318 e. The van der Waals surface area contributed by atoms with E-state index in [2.05, 4.69) is 15.5 Å². The Hall–Kier alpha value is -3.29. The van der Waals surface area contributed by atoms with Crippen molar-refractivity contribution in [2.45, 2.75) is 18.9 Å². The third-order valence-electron chi connectivity index (χ3n) is 4.65. The topological polar surface area (TPSA) is 71.3 Å². The third-order valence-corrected chi connectivity index (χ3v) is 4.65. The molecule has 144 valence electrons. The summed E-state index contributed by atoms with van der Waals surface area (Å²) in [5.41, 5.74) is 0.00642. The third kappa shape index (κ3) is 3.58. The van der Waals surface area contributed by atoms with Crippen LogP contribution in [-0.2, 0) is 0 Å². The average molecular weight is 384 g/mol. The quantitative estimate of drug-likeness (QED) is 0.729. The maximum atomic E-state index is 14.0. The first-order valence-electron chi connectivity index (χ1n) is 9.01. The molecule has 0 spiro atoms. The number of rotatable bonds is 5. The number of nitrogens with zero attached hydrogens (tertiary/aromatic N) is 3. The molecule has 2 aromatic carbocycles. The summed E-state index contributed by atoms with van der Waals surface area (Å²) in [7, 11) is 0. The summed E-state index contributed by atoms with van der Waals surface area (Å²) in [4.78, 5) is 14.6. The summed E-state index contributed by atoms with van der Waals surface area (Å²) < 4.78 is 33.8. The van der Waals surface area contributed by atoms with Gasteiger partial charge in [0, 0.05) is 13.1 Å². The molecule has 1 aliphatic heterocycles. The zero-order valence-electron chi connectivity index (χ0n) is 14.9. The molecule has 28 heavy (non-hydrogen) atoms. The van der Waals surface area contributed by atoms with Gasteiger partial charge in [0.2, 0.25) is 5.89 Å². The molecule has 4 rings (SSSR count). The molecule has 1 aliphatic rings. The number of carbonyl (C=O) groups is 1. The molecule has 2 heterocycles. The summed E-state index contributed by atoms with van der Waals surface area (Å²) in [6.07, 6.45) is 2.09. The van der Waals surface area contributed by atoms with Crippen molar-refractivity contribution >= 4 is 11.9 Å². The van der Waals surface area contributed by atoms with Crippen LogP contribution in [0.25, 0.3) is 0 Å². The van der Waals surface area contributed by atoms with Gasteiger partial charge in [-0.2, -0.15) is 0 Å². The van der Waals surface area contributed by atoms with Crippen molar-refractivity contribution < 1.29 is 18.0 Å². The highest BCUT2D eigenvalue weighted by molar-refractivity contribution is 5.95. The number of hydrogen-bond donors (Lipinski definition) is 1. The van der Waals surface area contributed by atoms with E-state index >= 15 is 0 Å². The molecule has 8 heteroatoms. The van der Waals surface area contributed by atoms with Crippen LogP contribution in [0, 0.1) is 11.6 Å². The number of anilines is 1. The Labute approximate surface area is 160 Å². The molecule has 1 amide bonds. The molecule has 6 nitrogen and oxygen atoms in total. The van der Waals surface area contributed by atoms with Crippen LogP contribution in [0.1, 0.15) is 40.7 Å². The van der Waals surface area contributed by atoms with Crippen molar-refractivity contribution in [2.24, 2.45) is 0 Å². The lowest BCUT2D eigenvalue weighted by atomic mass is 10.1. The SMILES string of the molecule is O=C(N[C@@H](c1ccccc1)c1nnc(N2CCCC2)o1)c1c(F)cccc1F. The Bertz CT molecular complexity index is 951. The Balaban J connectivity index is 1.66. The molecule has 1 saturated heterocycles. The molecular formula is C20H18F2N4O2. The predicted molar refractivity (Wildman–Crippen MR) is 97.9 cm³/mol. The van der Waals surface area contributed by atoms with Crippen LogP contribution in [-0.4, -0.2) is 29.2 Å².